The highest BCUT2D eigenvalue weighted by Gasteiger charge is 2.29. The highest BCUT2D eigenvalue weighted by atomic mass is 32.1. The van der Waals surface area contributed by atoms with Crippen molar-refractivity contribution < 1.29 is 0 Å². The SMILES string of the molecule is CC(C)(C)C1CCCN(C(CN)c2cccs2)CC1. The molecule has 19 heavy (non-hydrogen) atoms. The summed E-state index contributed by atoms with van der Waals surface area (Å²) in [6.07, 6.45) is 3.98. The van der Waals surface area contributed by atoms with E-state index in [0.29, 0.717) is 11.5 Å². The molecule has 1 aliphatic heterocycles. The Kier molecular flexibility index (Phi) is 5.04. The van der Waals surface area contributed by atoms with E-state index in [1.807, 2.05) is 11.3 Å². The first kappa shape index (κ1) is 15.0. The molecule has 1 aliphatic rings. The van der Waals surface area contributed by atoms with Crippen LogP contribution in [-0.2, 0) is 0 Å². The summed E-state index contributed by atoms with van der Waals surface area (Å²) in [4.78, 5) is 4.04. The molecule has 108 valence electrons. The van der Waals surface area contributed by atoms with Crippen molar-refractivity contribution >= 4 is 11.3 Å². The van der Waals surface area contributed by atoms with Gasteiger partial charge in [-0.1, -0.05) is 26.8 Å². The quantitative estimate of drug-likeness (QED) is 0.910. The van der Waals surface area contributed by atoms with Gasteiger partial charge in [0, 0.05) is 11.4 Å². The second-order valence-corrected chi connectivity index (χ2v) is 7.78. The number of thiophene rings is 1. The van der Waals surface area contributed by atoms with Crippen LogP contribution in [-0.4, -0.2) is 24.5 Å². The van der Waals surface area contributed by atoms with Crippen molar-refractivity contribution in [3.05, 3.63) is 22.4 Å². The van der Waals surface area contributed by atoms with Crippen LogP contribution in [0.3, 0.4) is 0 Å². The number of nitrogens with two attached hydrogens (primary N) is 1. The van der Waals surface area contributed by atoms with Gasteiger partial charge in [-0.15, -0.1) is 11.3 Å². The second kappa shape index (κ2) is 6.38. The summed E-state index contributed by atoms with van der Waals surface area (Å²) in [6.45, 7) is 10.3. The number of likely N-dealkylation sites (tertiary alicyclic amines) is 1. The number of rotatable bonds is 3. The molecule has 2 heterocycles. The van der Waals surface area contributed by atoms with E-state index in [1.165, 1.54) is 37.2 Å². The Hall–Kier alpha value is -0.380. The number of nitrogens with zero attached hydrogens (tertiary/aromatic N) is 1. The van der Waals surface area contributed by atoms with Crippen LogP contribution in [0.25, 0.3) is 0 Å². The Morgan fingerprint density at radius 3 is 2.74 bits per heavy atom. The van der Waals surface area contributed by atoms with Gasteiger partial charge in [-0.25, -0.2) is 0 Å². The van der Waals surface area contributed by atoms with Crippen LogP contribution in [0.15, 0.2) is 17.5 Å². The Labute approximate surface area is 122 Å². The van der Waals surface area contributed by atoms with Crippen LogP contribution < -0.4 is 5.73 Å². The van der Waals surface area contributed by atoms with Gasteiger partial charge in [-0.05, 0) is 55.1 Å². The molecule has 3 heteroatoms. The van der Waals surface area contributed by atoms with E-state index >= 15 is 0 Å². The van der Waals surface area contributed by atoms with Gasteiger partial charge in [0.2, 0.25) is 0 Å². The van der Waals surface area contributed by atoms with E-state index in [9.17, 15) is 0 Å². The second-order valence-electron chi connectivity index (χ2n) is 6.80. The average Bonchev–Trinajstić information content (AvgIpc) is 2.73. The standard InChI is InChI=1S/C16H28N2S/c1-16(2,3)13-6-4-9-18(10-8-13)14(12-17)15-7-5-11-19-15/h5,7,11,13-14H,4,6,8-10,12,17H2,1-3H3. The molecule has 0 spiro atoms. The zero-order valence-corrected chi connectivity index (χ0v) is 13.4. The zero-order chi connectivity index (χ0) is 13.9. The highest BCUT2D eigenvalue weighted by Crippen LogP contribution is 2.36. The van der Waals surface area contributed by atoms with Gasteiger partial charge in [0.15, 0.2) is 0 Å². The van der Waals surface area contributed by atoms with E-state index in [2.05, 4.69) is 43.2 Å². The number of hydrogen-bond acceptors (Lipinski definition) is 3. The van der Waals surface area contributed by atoms with Crippen LogP contribution in [0.5, 0.6) is 0 Å². The smallest absolute Gasteiger partial charge is 0.0564 e. The van der Waals surface area contributed by atoms with Crippen LogP contribution in [0.1, 0.15) is 51.0 Å². The van der Waals surface area contributed by atoms with Gasteiger partial charge in [0.05, 0.1) is 6.04 Å². The fourth-order valence-corrected chi connectivity index (χ4v) is 4.10. The summed E-state index contributed by atoms with van der Waals surface area (Å²) in [5.74, 6) is 0.847. The summed E-state index contributed by atoms with van der Waals surface area (Å²) >= 11 is 1.84. The van der Waals surface area contributed by atoms with E-state index in [-0.39, 0.29) is 0 Å². The van der Waals surface area contributed by atoms with Crippen molar-refractivity contribution in [2.24, 2.45) is 17.1 Å². The molecule has 2 unspecified atom stereocenters. The molecule has 0 bridgehead atoms. The molecule has 1 aromatic rings. The van der Waals surface area contributed by atoms with Crippen molar-refractivity contribution in [1.29, 1.82) is 0 Å². The molecule has 1 fully saturated rings. The molecule has 0 saturated carbocycles. The Morgan fingerprint density at radius 2 is 2.16 bits per heavy atom. The lowest BCUT2D eigenvalue weighted by molar-refractivity contribution is 0.186. The van der Waals surface area contributed by atoms with Gasteiger partial charge in [0.25, 0.3) is 0 Å². The maximum atomic E-state index is 6.03. The Balaban J connectivity index is 2.02. The third-order valence-corrected chi connectivity index (χ3v) is 5.50. The Bertz CT molecular complexity index is 367. The minimum absolute atomic E-state index is 0.429. The third kappa shape index (κ3) is 3.80. The topological polar surface area (TPSA) is 29.3 Å². The van der Waals surface area contributed by atoms with E-state index in [1.54, 1.807) is 0 Å². The predicted molar refractivity (Wildman–Crippen MR) is 84.5 cm³/mol. The van der Waals surface area contributed by atoms with Crippen molar-refractivity contribution in [2.75, 3.05) is 19.6 Å². The normalized spacial score (nSPS) is 24.1. The van der Waals surface area contributed by atoms with Crippen molar-refractivity contribution in [1.82, 2.24) is 4.90 Å². The molecule has 0 radical (unpaired) electrons. The fourth-order valence-electron chi connectivity index (χ4n) is 3.22. The largest absolute Gasteiger partial charge is 0.329 e. The predicted octanol–water partition coefficient (Wildman–Crippen LogP) is 3.90. The molecule has 2 atom stereocenters. The maximum Gasteiger partial charge on any atom is 0.0564 e. The Morgan fingerprint density at radius 1 is 1.37 bits per heavy atom. The monoisotopic (exact) mass is 280 g/mol. The minimum Gasteiger partial charge on any atom is -0.329 e. The molecule has 2 nitrogen and oxygen atoms in total. The lowest BCUT2D eigenvalue weighted by atomic mass is 9.77. The molecular formula is C16H28N2S. The highest BCUT2D eigenvalue weighted by molar-refractivity contribution is 7.10. The summed E-state index contributed by atoms with van der Waals surface area (Å²) in [6, 6.07) is 4.80. The van der Waals surface area contributed by atoms with Crippen molar-refractivity contribution in [3.8, 4) is 0 Å². The van der Waals surface area contributed by atoms with Gasteiger partial charge < -0.3 is 5.73 Å². The molecular weight excluding hydrogens is 252 g/mol. The van der Waals surface area contributed by atoms with Gasteiger partial charge in [-0.3, -0.25) is 4.90 Å². The van der Waals surface area contributed by atoms with Crippen LogP contribution in [0, 0.1) is 11.3 Å². The summed E-state index contributed by atoms with van der Waals surface area (Å²) in [5.41, 5.74) is 6.47. The average molecular weight is 280 g/mol. The summed E-state index contributed by atoms with van der Waals surface area (Å²) < 4.78 is 0. The molecule has 2 N–H and O–H groups in total. The fraction of sp³-hybridized carbons (Fsp3) is 0.750. The van der Waals surface area contributed by atoms with E-state index in [0.717, 1.165) is 12.5 Å². The maximum absolute atomic E-state index is 6.03. The van der Waals surface area contributed by atoms with E-state index in [4.69, 9.17) is 5.73 Å². The molecule has 1 saturated heterocycles. The van der Waals surface area contributed by atoms with Gasteiger partial charge >= 0.3 is 0 Å². The van der Waals surface area contributed by atoms with Crippen molar-refractivity contribution in [2.45, 2.75) is 46.1 Å². The van der Waals surface area contributed by atoms with Crippen molar-refractivity contribution in [3.63, 3.8) is 0 Å². The summed E-state index contributed by atoms with van der Waals surface area (Å²) in [5, 5.41) is 2.16. The third-order valence-electron chi connectivity index (χ3n) is 4.52. The minimum atomic E-state index is 0.429. The lowest BCUT2D eigenvalue weighted by Crippen LogP contribution is -2.34. The first-order chi connectivity index (χ1) is 9.02. The van der Waals surface area contributed by atoms with Gasteiger partial charge in [0.1, 0.15) is 0 Å². The molecule has 0 amide bonds. The molecule has 2 rings (SSSR count). The van der Waals surface area contributed by atoms with Gasteiger partial charge in [-0.2, -0.15) is 0 Å². The molecule has 0 aromatic carbocycles. The van der Waals surface area contributed by atoms with E-state index < -0.39 is 0 Å². The van der Waals surface area contributed by atoms with Crippen LogP contribution >= 0.6 is 11.3 Å². The number of hydrogen-bond donors (Lipinski definition) is 1. The van der Waals surface area contributed by atoms with Crippen LogP contribution in [0.2, 0.25) is 0 Å². The zero-order valence-electron chi connectivity index (χ0n) is 12.6. The summed E-state index contributed by atoms with van der Waals surface area (Å²) in [7, 11) is 0. The first-order valence-electron chi connectivity index (χ1n) is 7.50. The molecule has 1 aromatic heterocycles. The first-order valence-corrected chi connectivity index (χ1v) is 8.38. The molecule has 0 aliphatic carbocycles. The lowest BCUT2D eigenvalue weighted by Gasteiger charge is -2.31. The van der Waals surface area contributed by atoms with Crippen LogP contribution in [0.4, 0.5) is 0 Å².